The highest BCUT2D eigenvalue weighted by Gasteiger charge is 2.08. The Labute approximate surface area is 79.5 Å². The van der Waals surface area contributed by atoms with Crippen LogP contribution in [0.1, 0.15) is 19.8 Å². The van der Waals surface area contributed by atoms with Crippen LogP contribution in [0.3, 0.4) is 0 Å². The molecule has 0 aromatic carbocycles. The minimum absolute atomic E-state index is 0.0840. The third-order valence-corrected chi connectivity index (χ3v) is 1.82. The maximum atomic E-state index is 10.9. The Bertz CT molecular complexity index is 139. The van der Waals surface area contributed by atoms with Crippen LogP contribution in [0.25, 0.3) is 0 Å². The van der Waals surface area contributed by atoms with Gasteiger partial charge in [-0.25, -0.2) is 0 Å². The van der Waals surface area contributed by atoms with Crippen molar-refractivity contribution in [3.05, 3.63) is 0 Å². The van der Waals surface area contributed by atoms with E-state index in [4.69, 9.17) is 5.11 Å². The standard InChI is InChI=1S/C9H19NO3/c1-3-4-5-10(6-7-11)8-9(12)13-2/h11H,3-8H2,1-2H3. The highest BCUT2D eigenvalue weighted by molar-refractivity contribution is 5.71. The number of methoxy groups -OCH3 is 1. The fourth-order valence-corrected chi connectivity index (χ4v) is 1.04. The molecule has 0 rings (SSSR count). The summed E-state index contributed by atoms with van der Waals surface area (Å²) in [5.74, 6) is -0.246. The number of nitrogens with zero attached hydrogens (tertiary/aromatic N) is 1. The normalized spacial score (nSPS) is 10.5. The van der Waals surface area contributed by atoms with Crippen LogP contribution in [-0.4, -0.2) is 49.3 Å². The molecule has 0 bridgehead atoms. The minimum atomic E-state index is -0.246. The first-order valence-electron chi connectivity index (χ1n) is 4.64. The van der Waals surface area contributed by atoms with Gasteiger partial charge in [-0.05, 0) is 13.0 Å². The van der Waals surface area contributed by atoms with Gasteiger partial charge >= 0.3 is 5.97 Å². The summed E-state index contributed by atoms with van der Waals surface area (Å²) in [5.41, 5.74) is 0. The monoisotopic (exact) mass is 189 g/mol. The Hall–Kier alpha value is -0.610. The fourth-order valence-electron chi connectivity index (χ4n) is 1.04. The Kier molecular flexibility index (Phi) is 7.63. The van der Waals surface area contributed by atoms with E-state index >= 15 is 0 Å². The highest BCUT2D eigenvalue weighted by Crippen LogP contribution is 1.94. The predicted octanol–water partition coefficient (Wildman–Crippen LogP) is 0.254. The van der Waals surface area contributed by atoms with Gasteiger partial charge in [-0.2, -0.15) is 0 Å². The highest BCUT2D eigenvalue weighted by atomic mass is 16.5. The summed E-state index contributed by atoms with van der Waals surface area (Å²) in [7, 11) is 1.37. The molecule has 0 spiro atoms. The summed E-state index contributed by atoms with van der Waals surface area (Å²) in [6, 6.07) is 0. The number of hydrogen-bond donors (Lipinski definition) is 1. The average Bonchev–Trinajstić information content (AvgIpc) is 2.14. The number of hydrogen-bond acceptors (Lipinski definition) is 4. The van der Waals surface area contributed by atoms with Crippen molar-refractivity contribution >= 4 is 5.97 Å². The zero-order valence-corrected chi connectivity index (χ0v) is 8.45. The van der Waals surface area contributed by atoms with Gasteiger partial charge in [0.15, 0.2) is 0 Å². The van der Waals surface area contributed by atoms with Gasteiger partial charge in [0.25, 0.3) is 0 Å². The number of esters is 1. The van der Waals surface area contributed by atoms with Crippen molar-refractivity contribution in [1.82, 2.24) is 4.90 Å². The second kappa shape index (κ2) is 8.01. The Morgan fingerprint density at radius 2 is 2.15 bits per heavy atom. The SMILES string of the molecule is CCCCN(CCO)CC(=O)OC. The molecule has 0 unspecified atom stereocenters. The number of aliphatic hydroxyl groups is 1. The van der Waals surface area contributed by atoms with Crippen LogP contribution in [0, 0.1) is 0 Å². The third-order valence-electron chi connectivity index (χ3n) is 1.82. The molecule has 0 aliphatic rings. The van der Waals surface area contributed by atoms with E-state index in [0.29, 0.717) is 6.54 Å². The number of carbonyl (C=O) groups is 1. The lowest BCUT2D eigenvalue weighted by Gasteiger charge is -2.18. The summed E-state index contributed by atoms with van der Waals surface area (Å²) in [5, 5.41) is 8.73. The zero-order valence-electron chi connectivity index (χ0n) is 8.45. The molecule has 0 aliphatic carbocycles. The van der Waals surface area contributed by atoms with Gasteiger partial charge in [0.1, 0.15) is 0 Å². The molecule has 0 atom stereocenters. The maximum absolute atomic E-state index is 10.9. The lowest BCUT2D eigenvalue weighted by Crippen LogP contribution is -2.33. The van der Waals surface area contributed by atoms with E-state index < -0.39 is 0 Å². The van der Waals surface area contributed by atoms with E-state index in [1.54, 1.807) is 0 Å². The molecule has 1 N–H and O–H groups in total. The number of rotatable bonds is 7. The second-order valence-electron chi connectivity index (χ2n) is 2.93. The van der Waals surface area contributed by atoms with Crippen molar-refractivity contribution in [2.24, 2.45) is 0 Å². The Balaban J connectivity index is 3.71. The largest absolute Gasteiger partial charge is 0.468 e. The van der Waals surface area contributed by atoms with Crippen molar-refractivity contribution in [2.45, 2.75) is 19.8 Å². The van der Waals surface area contributed by atoms with Crippen LogP contribution < -0.4 is 0 Å². The molecular formula is C9H19NO3. The summed E-state index contributed by atoms with van der Waals surface area (Å²) < 4.78 is 4.54. The number of unbranched alkanes of at least 4 members (excludes halogenated alkanes) is 1. The van der Waals surface area contributed by atoms with E-state index in [9.17, 15) is 4.79 Å². The van der Waals surface area contributed by atoms with Crippen molar-refractivity contribution in [3.8, 4) is 0 Å². The molecule has 78 valence electrons. The third kappa shape index (κ3) is 6.54. The molecule has 0 amide bonds. The second-order valence-corrected chi connectivity index (χ2v) is 2.93. The number of carbonyl (C=O) groups excluding carboxylic acids is 1. The van der Waals surface area contributed by atoms with Gasteiger partial charge in [0, 0.05) is 6.54 Å². The number of ether oxygens (including phenoxy) is 1. The van der Waals surface area contributed by atoms with Gasteiger partial charge in [-0.15, -0.1) is 0 Å². The Morgan fingerprint density at radius 3 is 2.62 bits per heavy atom. The molecule has 0 aromatic heterocycles. The first kappa shape index (κ1) is 12.4. The van der Waals surface area contributed by atoms with Crippen LogP contribution in [0.15, 0.2) is 0 Å². The van der Waals surface area contributed by atoms with Gasteiger partial charge in [-0.1, -0.05) is 13.3 Å². The van der Waals surface area contributed by atoms with E-state index in [2.05, 4.69) is 11.7 Å². The van der Waals surface area contributed by atoms with Crippen LogP contribution in [0.4, 0.5) is 0 Å². The molecule has 0 saturated carbocycles. The first-order valence-corrected chi connectivity index (χ1v) is 4.64. The first-order chi connectivity index (χ1) is 6.24. The smallest absolute Gasteiger partial charge is 0.319 e. The Morgan fingerprint density at radius 1 is 1.46 bits per heavy atom. The average molecular weight is 189 g/mol. The molecule has 0 aliphatic heterocycles. The van der Waals surface area contributed by atoms with Crippen LogP contribution in [-0.2, 0) is 9.53 Å². The molecule has 4 heteroatoms. The van der Waals surface area contributed by atoms with Crippen LogP contribution in [0.5, 0.6) is 0 Å². The lowest BCUT2D eigenvalue weighted by atomic mass is 10.3. The molecule has 0 aromatic rings. The summed E-state index contributed by atoms with van der Waals surface area (Å²) in [4.78, 5) is 12.8. The van der Waals surface area contributed by atoms with E-state index in [-0.39, 0.29) is 19.1 Å². The van der Waals surface area contributed by atoms with Crippen LogP contribution in [0.2, 0.25) is 0 Å². The molecule has 0 radical (unpaired) electrons. The van der Waals surface area contributed by atoms with E-state index in [1.165, 1.54) is 7.11 Å². The molecule has 13 heavy (non-hydrogen) atoms. The fraction of sp³-hybridized carbons (Fsp3) is 0.889. The van der Waals surface area contributed by atoms with Gasteiger partial charge in [0.05, 0.1) is 20.3 Å². The predicted molar refractivity (Wildman–Crippen MR) is 50.4 cm³/mol. The molecule has 0 saturated heterocycles. The molecule has 4 nitrogen and oxygen atoms in total. The topological polar surface area (TPSA) is 49.8 Å². The van der Waals surface area contributed by atoms with Crippen molar-refractivity contribution in [1.29, 1.82) is 0 Å². The van der Waals surface area contributed by atoms with Crippen molar-refractivity contribution in [2.75, 3.05) is 33.4 Å². The van der Waals surface area contributed by atoms with E-state index in [0.717, 1.165) is 19.4 Å². The molecule has 0 fully saturated rings. The van der Waals surface area contributed by atoms with Crippen molar-refractivity contribution in [3.63, 3.8) is 0 Å². The van der Waals surface area contributed by atoms with Gasteiger partial charge in [-0.3, -0.25) is 9.69 Å². The van der Waals surface area contributed by atoms with E-state index in [1.807, 2.05) is 4.90 Å². The summed E-state index contributed by atoms with van der Waals surface area (Å²) >= 11 is 0. The quantitative estimate of drug-likeness (QED) is 0.583. The van der Waals surface area contributed by atoms with Crippen LogP contribution >= 0.6 is 0 Å². The summed E-state index contributed by atoms with van der Waals surface area (Å²) in [6.45, 7) is 3.83. The number of aliphatic hydroxyl groups excluding tert-OH is 1. The lowest BCUT2D eigenvalue weighted by molar-refractivity contribution is -0.142. The molecular weight excluding hydrogens is 170 g/mol. The van der Waals surface area contributed by atoms with Gasteiger partial charge in [0.2, 0.25) is 0 Å². The van der Waals surface area contributed by atoms with Gasteiger partial charge < -0.3 is 9.84 Å². The minimum Gasteiger partial charge on any atom is -0.468 e. The van der Waals surface area contributed by atoms with Crippen molar-refractivity contribution < 1.29 is 14.6 Å². The molecule has 0 heterocycles. The maximum Gasteiger partial charge on any atom is 0.319 e. The zero-order chi connectivity index (χ0) is 10.1. The summed E-state index contributed by atoms with van der Waals surface area (Å²) in [6.07, 6.45) is 2.13.